The van der Waals surface area contributed by atoms with E-state index in [-0.39, 0.29) is 0 Å². The lowest BCUT2D eigenvalue weighted by molar-refractivity contribution is 1.16. The third-order valence-corrected chi connectivity index (χ3v) is 4.39. The average molecular weight is 364 g/mol. The van der Waals surface area contributed by atoms with Gasteiger partial charge in [0.1, 0.15) is 11.6 Å². The van der Waals surface area contributed by atoms with E-state index in [1.54, 1.807) is 24.7 Å². The molecule has 0 fully saturated rings. The summed E-state index contributed by atoms with van der Waals surface area (Å²) >= 11 is 0. The molecule has 0 saturated carbocycles. The second kappa shape index (κ2) is 6.92. The van der Waals surface area contributed by atoms with Gasteiger partial charge in [0, 0.05) is 35.4 Å². The minimum absolute atomic E-state index is 0.661. The monoisotopic (exact) mass is 364 g/mol. The van der Waals surface area contributed by atoms with Crippen LogP contribution in [0, 0.1) is 0 Å². The third-order valence-electron chi connectivity index (χ3n) is 4.39. The van der Waals surface area contributed by atoms with Crippen molar-refractivity contribution in [3.63, 3.8) is 0 Å². The number of imidazole rings is 1. The van der Waals surface area contributed by atoms with Gasteiger partial charge in [-0.1, -0.05) is 24.3 Å². The van der Waals surface area contributed by atoms with Crippen LogP contribution in [-0.2, 0) is 0 Å². The molecule has 3 heterocycles. The number of rotatable bonds is 4. The van der Waals surface area contributed by atoms with Crippen LogP contribution in [0.15, 0.2) is 85.3 Å². The van der Waals surface area contributed by atoms with E-state index in [0.29, 0.717) is 5.82 Å². The third kappa shape index (κ3) is 3.19. The Labute approximate surface area is 161 Å². The molecule has 2 aromatic carbocycles. The van der Waals surface area contributed by atoms with E-state index >= 15 is 0 Å². The summed E-state index contributed by atoms with van der Waals surface area (Å²) in [6.07, 6.45) is 5.21. The second-order valence-electron chi connectivity index (χ2n) is 6.31. The smallest absolute Gasteiger partial charge is 0.160 e. The van der Waals surface area contributed by atoms with Gasteiger partial charge in [0.05, 0.1) is 11.0 Å². The van der Waals surface area contributed by atoms with E-state index in [4.69, 9.17) is 0 Å². The predicted molar refractivity (Wildman–Crippen MR) is 110 cm³/mol. The van der Waals surface area contributed by atoms with Crippen LogP contribution in [0.3, 0.4) is 0 Å². The number of para-hydroxylation sites is 2. The quantitative estimate of drug-likeness (QED) is 0.478. The maximum Gasteiger partial charge on any atom is 0.160 e. The van der Waals surface area contributed by atoms with Crippen molar-refractivity contribution < 1.29 is 0 Å². The fourth-order valence-corrected chi connectivity index (χ4v) is 3.03. The zero-order chi connectivity index (χ0) is 18.8. The molecule has 0 bridgehead atoms. The first-order valence-corrected chi connectivity index (χ1v) is 8.91. The van der Waals surface area contributed by atoms with Gasteiger partial charge in [0.15, 0.2) is 5.82 Å². The number of nitrogens with one attached hydrogen (secondary N) is 2. The molecule has 0 saturated heterocycles. The molecule has 0 atom stereocenters. The molecule has 28 heavy (non-hydrogen) atoms. The lowest BCUT2D eigenvalue weighted by Gasteiger charge is -2.07. The minimum Gasteiger partial charge on any atom is -0.340 e. The summed E-state index contributed by atoms with van der Waals surface area (Å²) in [7, 11) is 0. The van der Waals surface area contributed by atoms with Gasteiger partial charge in [-0.3, -0.25) is 0 Å². The molecule has 3 aromatic heterocycles. The second-order valence-corrected chi connectivity index (χ2v) is 6.31. The number of fused-ring (bicyclic) bond motifs is 1. The van der Waals surface area contributed by atoms with Gasteiger partial charge < -0.3 is 10.3 Å². The topological polar surface area (TPSA) is 79.4 Å². The number of pyridine rings is 1. The molecule has 134 valence electrons. The number of anilines is 2. The molecule has 0 aliphatic carbocycles. The summed E-state index contributed by atoms with van der Waals surface area (Å²) < 4.78 is 0. The molecule has 0 amide bonds. The SMILES string of the molecule is c1cnc(-c2ccc(Nc3cccc(-c4nc5ccccc5[nH]4)c3)nc2)nc1. The van der Waals surface area contributed by atoms with Crippen molar-refractivity contribution >= 4 is 22.5 Å². The van der Waals surface area contributed by atoms with Crippen molar-refractivity contribution in [2.75, 3.05) is 5.32 Å². The van der Waals surface area contributed by atoms with E-state index in [9.17, 15) is 0 Å². The Kier molecular flexibility index (Phi) is 3.99. The van der Waals surface area contributed by atoms with Crippen LogP contribution in [0.5, 0.6) is 0 Å². The van der Waals surface area contributed by atoms with E-state index in [0.717, 1.165) is 39.5 Å². The van der Waals surface area contributed by atoms with Crippen LogP contribution in [0.2, 0.25) is 0 Å². The molecule has 5 rings (SSSR count). The van der Waals surface area contributed by atoms with Gasteiger partial charge in [0.25, 0.3) is 0 Å². The van der Waals surface area contributed by atoms with Gasteiger partial charge in [0.2, 0.25) is 0 Å². The van der Waals surface area contributed by atoms with Gasteiger partial charge >= 0.3 is 0 Å². The van der Waals surface area contributed by atoms with Crippen molar-refractivity contribution in [3.05, 3.63) is 85.3 Å². The van der Waals surface area contributed by atoms with E-state index in [1.807, 2.05) is 60.7 Å². The number of nitrogens with zero attached hydrogens (tertiary/aromatic N) is 4. The van der Waals surface area contributed by atoms with Crippen molar-refractivity contribution in [2.45, 2.75) is 0 Å². The first-order chi connectivity index (χ1) is 13.8. The van der Waals surface area contributed by atoms with Crippen LogP contribution in [0.1, 0.15) is 0 Å². The van der Waals surface area contributed by atoms with Crippen LogP contribution in [-0.4, -0.2) is 24.9 Å². The molecule has 6 heteroatoms. The number of hydrogen-bond donors (Lipinski definition) is 2. The molecular weight excluding hydrogens is 348 g/mol. The molecular formula is C22H16N6. The highest BCUT2D eigenvalue weighted by Gasteiger charge is 2.06. The number of aromatic nitrogens is 5. The lowest BCUT2D eigenvalue weighted by Crippen LogP contribution is -1.95. The zero-order valence-electron chi connectivity index (χ0n) is 14.9. The highest BCUT2D eigenvalue weighted by molar-refractivity contribution is 5.80. The number of hydrogen-bond acceptors (Lipinski definition) is 5. The van der Waals surface area contributed by atoms with Gasteiger partial charge in [-0.05, 0) is 42.5 Å². The largest absolute Gasteiger partial charge is 0.340 e. The molecule has 2 N–H and O–H groups in total. The molecule has 6 nitrogen and oxygen atoms in total. The molecule has 0 spiro atoms. The predicted octanol–water partition coefficient (Wildman–Crippen LogP) is 4.83. The van der Waals surface area contributed by atoms with Crippen LogP contribution in [0.4, 0.5) is 11.5 Å². The first kappa shape index (κ1) is 16.1. The Morgan fingerprint density at radius 3 is 2.46 bits per heavy atom. The molecule has 0 aliphatic heterocycles. The van der Waals surface area contributed by atoms with Crippen molar-refractivity contribution in [1.29, 1.82) is 0 Å². The summed E-state index contributed by atoms with van der Waals surface area (Å²) in [5, 5.41) is 3.33. The first-order valence-electron chi connectivity index (χ1n) is 8.91. The standard InChI is InChI=1S/C22H16N6/c1-2-8-19-18(7-1)27-22(28-19)15-5-3-6-17(13-15)26-20-10-9-16(14-25-20)21-23-11-4-12-24-21/h1-14H,(H,25,26)(H,27,28). The Bertz CT molecular complexity index is 1200. The van der Waals surface area contributed by atoms with Crippen molar-refractivity contribution in [1.82, 2.24) is 24.9 Å². The highest BCUT2D eigenvalue weighted by atomic mass is 15.0. The average Bonchev–Trinajstić information content (AvgIpc) is 3.20. The zero-order valence-corrected chi connectivity index (χ0v) is 14.9. The van der Waals surface area contributed by atoms with Crippen LogP contribution in [0.25, 0.3) is 33.8 Å². The van der Waals surface area contributed by atoms with Crippen molar-refractivity contribution in [3.8, 4) is 22.8 Å². The highest BCUT2D eigenvalue weighted by Crippen LogP contribution is 2.25. The maximum absolute atomic E-state index is 4.66. The molecule has 5 aromatic rings. The Morgan fingerprint density at radius 1 is 0.750 bits per heavy atom. The summed E-state index contributed by atoms with van der Waals surface area (Å²) in [5.41, 5.74) is 4.80. The molecule has 0 radical (unpaired) electrons. The molecule has 0 aliphatic rings. The van der Waals surface area contributed by atoms with Crippen molar-refractivity contribution in [2.24, 2.45) is 0 Å². The Balaban J connectivity index is 1.39. The van der Waals surface area contributed by atoms with E-state index in [2.05, 4.69) is 30.2 Å². The number of benzene rings is 2. The fourth-order valence-electron chi connectivity index (χ4n) is 3.03. The van der Waals surface area contributed by atoms with Gasteiger partial charge in [-0.25, -0.2) is 19.9 Å². The lowest BCUT2D eigenvalue weighted by atomic mass is 10.2. The summed E-state index contributed by atoms with van der Waals surface area (Å²) in [4.78, 5) is 21.0. The number of aromatic amines is 1. The summed E-state index contributed by atoms with van der Waals surface area (Å²) in [6, 6.07) is 21.8. The normalized spacial score (nSPS) is 10.9. The fraction of sp³-hybridized carbons (Fsp3) is 0. The summed E-state index contributed by atoms with van der Waals surface area (Å²) in [6.45, 7) is 0. The van der Waals surface area contributed by atoms with E-state index < -0.39 is 0 Å². The summed E-state index contributed by atoms with van der Waals surface area (Å²) in [5.74, 6) is 2.25. The Morgan fingerprint density at radius 2 is 1.64 bits per heavy atom. The van der Waals surface area contributed by atoms with Gasteiger partial charge in [-0.2, -0.15) is 0 Å². The number of H-pyrrole nitrogens is 1. The van der Waals surface area contributed by atoms with Crippen LogP contribution >= 0.6 is 0 Å². The minimum atomic E-state index is 0.661. The van der Waals surface area contributed by atoms with E-state index in [1.165, 1.54) is 0 Å². The van der Waals surface area contributed by atoms with Gasteiger partial charge in [-0.15, -0.1) is 0 Å². The maximum atomic E-state index is 4.66. The Hall–Kier alpha value is -4.06. The van der Waals surface area contributed by atoms with Crippen LogP contribution < -0.4 is 5.32 Å². The molecule has 0 unspecified atom stereocenters.